The average Bonchev–Trinajstić information content (AvgIpc) is 3.24. The number of hydrogen-bond acceptors (Lipinski definition) is 5. The number of nitrogens with zero attached hydrogens (tertiary/aromatic N) is 3. The van der Waals surface area contributed by atoms with Crippen molar-refractivity contribution in [1.82, 2.24) is 19.9 Å². The van der Waals surface area contributed by atoms with E-state index in [0.29, 0.717) is 28.5 Å². The van der Waals surface area contributed by atoms with E-state index in [4.69, 9.17) is 4.74 Å². The van der Waals surface area contributed by atoms with E-state index < -0.39 is 0 Å². The van der Waals surface area contributed by atoms with Crippen LogP contribution in [0.25, 0.3) is 10.9 Å². The maximum absolute atomic E-state index is 13.5. The second-order valence-corrected chi connectivity index (χ2v) is 10.2. The number of benzene rings is 1. The number of piperidine rings is 1. The van der Waals surface area contributed by atoms with Crippen LogP contribution in [0.5, 0.6) is 5.75 Å². The molecule has 8 heteroatoms. The lowest BCUT2D eigenvalue weighted by Gasteiger charge is -2.34. The lowest BCUT2D eigenvalue weighted by Crippen LogP contribution is -2.35. The Bertz CT molecular complexity index is 1510. The number of aromatic nitrogens is 3. The molecule has 1 aliphatic heterocycles. The van der Waals surface area contributed by atoms with Crippen LogP contribution in [-0.4, -0.2) is 40.6 Å². The number of fused-ring (bicyclic) bond motifs is 1. The van der Waals surface area contributed by atoms with Crippen molar-refractivity contribution in [2.75, 3.05) is 25.1 Å². The van der Waals surface area contributed by atoms with Gasteiger partial charge >= 0.3 is 0 Å². The van der Waals surface area contributed by atoms with E-state index in [1.165, 1.54) is 12.8 Å². The molecule has 0 unspecified atom stereocenters. The summed E-state index contributed by atoms with van der Waals surface area (Å²) in [6, 6.07) is 14.0. The third-order valence-electron chi connectivity index (χ3n) is 7.65. The van der Waals surface area contributed by atoms with Gasteiger partial charge in [0.05, 0.1) is 36.7 Å². The average molecular weight is 544 g/mol. The van der Waals surface area contributed by atoms with E-state index in [0.717, 1.165) is 54.8 Å². The van der Waals surface area contributed by atoms with E-state index in [9.17, 15) is 9.59 Å². The summed E-state index contributed by atoms with van der Waals surface area (Å²) in [5.74, 6) is 0.796. The first-order valence-corrected chi connectivity index (χ1v) is 14.2. The zero-order valence-electron chi connectivity index (χ0n) is 24.5. The van der Waals surface area contributed by atoms with Crippen molar-refractivity contribution in [1.29, 1.82) is 0 Å². The summed E-state index contributed by atoms with van der Waals surface area (Å²) in [5.41, 5.74) is 5.73. The minimum absolute atomic E-state index is 0.0862. The summed E-state index contributed by atoms with van der Waals surface area (Å²) < 4.78 is 7.68. The monoisotopic (exact) mass is 543 g/mol. The summed E-state index contributed by atoms with van der Waals surface area (Å²) in [6.45, 7) is 12.8. The molecule has 1 fully saturated rings. The van der Waals surface area contributed by atoms with Crippen LogP contribution in [0.4, 0.5) is 5.69 Å². The van der Waals surface area contributed by atoms with Crippen LogP contribution in [0.3, 0.4) is 0 Å². The Balaban J connectivity index is 0.00000181. The third kappa shape index (κ3) is 6.06. The predicted molar refractivity (Wildman–Crippen MR) is 161 cm³/mol. The number of aryl methyl sites for hydroxylation is 2. The zero-order chi connectivity index (χ0) is 28.8. The van der Waals surface area contributed by atoms with Gasteiger partial charge < -0.3 is 24.5 Å². The van der Waals surface area contributed by atoms with Gasteiger partial charge in [-0.2, -0.15) is 0 Å². The molecule has 1 aliphatic rings. The molecule has 0 bridgehead atoms. The first-order chi connectivity index (χ1) is 19.4. The van der Waals surface area contributed by atoms with Crippen LogP contribution in [-0.2, 0) is 13.1 Å². The Morgan fingerprint density at radius 3 is 2.50 bits per heavy atom. The maximum atomic E-state index is 13.5. The number of rotatable bonds is 7. The van der Waals surface area contributed by atoms with E-state index in [1.807, 2.05) is 52.1 Å². The van der Waals surface area contributed by atoms with Gasteiger partial charge in [0.1, 0.15) is 5.75 Å². The number of anilines is 1. The standard InChI is InChI=1S/C30H35N5O3.C2H6/c1-19-9-10-23(16-31-19)34-13-11-22(12-14-34)18-35-21(3)28(24-7-5-6-8-26(24)35)30(37)32-17-25-27(38-4)15-20(2)33-29(25)36;1-2/h5-10,15-16,22H,11-14,17-18H2,1-4H3,(H,32,37)(H,33,36);1-2H3. The lowest BCUT2D eigenvalue weighted by atomic mass is 9.96. The van der Waals surface area contributed by atoms with E-state index >= 15 is 0 Å². The van der Waals surface area contributed by atoms with Gasteiger partial charge in [-0.1, -0.05) is 32.0 Å². The molecule has 8 nitrogen and oxygen atoms in total. The molecule has 1 amide bonds. The highest BCUT2D eigenvalue weighted by molar-refractivity contribution is 6.08. The molecular formula is C32H41N5O3. The van der Waals surface area contributed by atoms with Gasteiger partial charge in [0.15, 0.2) is 0 Å². The molecule has 0 saturated carbocycles. The Kier molecular flexibility index (Phi) is 9.30. The number of amides is 1. The highest BCUT2D eigenvalue weighted by atomic mass is 16.5. The fourth-order valence-corrected chi connectivity index (χ4v) is 5.52. The van der Waals surface area contributed by atoms with Crippen LogP contribution in [0, 0.1) is 26.7 Å². The van der Waals surface area contributed by atoms with Gasteiger partial charge in [-0.15, -0.1) is 0 Å². The number of aromatic amines is 1. The summed E-state index contributed by atoms with van der Waals surface area (Å²) >= 11 is 0. The van der Waals surface area contributed by atoms with Crippen molar-refractivity contribution in [2.45, 2.75) is 60.5 Å². The molecular weight excluding hydrogens is 502 g/mol. The van der Waals surface area contributed by atoms with Crippen LogP contribution in [0.15, 0.2) is 53.5 Å². The van der Waals surface area contributed by atoms with Gasteiger partial charge in [0, 0.05) is 47.6 Å². The Morgan fingerprint density at radius 2 is 1.82 bits per heavy atom. The SMILES string of the molecule is CC.COc1cc(C)[nH]c(=O)c1CNC(=O)c1c(C)n(CC2CCN(c3ccc(C)nc3)CC2)c2ccccc12. The number of hydrogen-bond donors (Lipinski definition) is 2. The molecule has 0 radical (unpaired) electrons. The molecule has 4 aromatic rings. The van der Waals surface area contributed by atoms with Gasteiger partial charge in [-0.05, 0) is 63.8 Å². The quantitative estimate of drug-likeness (QED) is 0.320. The normalized spacial score (nSPS) is 13.6. The molecule has 212 valence electrons. The number of carbonyl (C=O) groups excluding carboxylic acids is 1. The van der Waals surface area contributed by atoms with Gasteiger partial charge in [-0.3, -0.25) is 14.6 Å². The number of methoxy groups -OCH3 is 1. The van der Waals surface area contributed by atoms with Gasteiger partial charge in [0.25, 0.3) is 11.5 Å². The second-order valence-electron chi connectivity index (χ2n) is 10.2. The van der Waals surface area contributed by atoms with Crippen LogP contribution in [0.2, 0.25) is 0 Å². The van der Waals surface area contributed by atoms with Crippen LogP contribution < -0.4 is 20.5 Å². The fraction of sp³-hybridized carbons (Fsp3) is 0.406. The molecule has 40 heavy (non-hydrogen) atoms. The van der Waals surface area contributed by atoms with Crippen molar-refractivity contribution in [2.24, 2.45) is 5.92 Å². The fourth-order valence-electron chi connectivity index (χ4n) is 5.52. The number of nitrogens with one attached hydrogen (secondary N) is 2. The Hall–Kier alpha value is -4.07. The molecule has 5 rings (SSSR count). The second kappa shape index (κ2) is 12.9. The minimum atomic E-state index is -0.255. The number of pyridine rings is 2. The first-order valence-electron chi connectivity index (χ1n) is 14.2. The summed E-state index contributed by atoms with van der Waals surface area (Å²) in [4.78, 5) is 35.6. The molecule has 0 spiro atoms. The summed E-state index contributed by atoms with van der Waals surface area (Å²) in [6.07, 6.45) is 4.12. The smallest absolute Gasteiger partial charge is 0.256 e. The summed E-state index contributed by atoms with van der Waals surface area (Å²) in [7, 11) is 1.53. The predicted octanol–water partition coefficient (Wildman–Crippen LogP) is 5.53. The number of ether oxygens (including phenoxy) is 1. The van der Waals surface area contributed by atoms with E-state index in [-0.39, 0.29) is 18.0 Å². The van der Waals surface area contributed by atoms with Crippen molar-refractivity contribution < 1.29 is 9.53 Å². The highest BCUT2D eigenvalue weighted by Crippen LogP contribution is 2.30. The largest absolute Gasteiger partial charge is 0.496 e. The molecule has 1 aromatic carbocycles. The summed E-state index contributed by atoms with van der Waals surface area (Å²) in [5, 5.41) is 3.89. The molecule has 3 aromatic heterocycles. The van der Waals surface area contributed by atoms with Crippen molar-refractivity contribution in [3.05, 3.63) is 87.2 Å². The van der Waals surface area contributed by atoms with Crippen LogP contribution in [0.1, 0.15) is 59.7 Å². The molecule has 0 aliphatic carbocycles. The van der Waals surface area contributed by atoms with Crippen molar-refractivity contribution >= 4 is 22.5 Å². The van der Waals surface area contributed by atoms with E-state index in [1.54, 1.807) is 13.0 Å². The number of para-hydroxylation sites is 1. The number of carbonyl (C=O) groups is 1. The van der Waals surface area contributed by atoms with Crippen molar-refractivity contribution in [3.8, 4) is 5.75 Å². The maximum Gasteiger partial charge on any atom is 0.256 e. The molecule has 0 atom stereocenters. The minimum Gasteiger partial charge on any atom is -0.496 e. The Morgan fingerprint density at radius 1 is 1.10 bits per heavy atom. The lowest BCUT2D eigenvalue weighted by molar-refractivity contribution is 0.0951. The topological polar surface area (TPSA) is 92.2 Å². The molecule has 1 saturated heterocycles. The number of H-pyrrole nitrogens is 1. The highest BCUT2D eigenvalue weighted by Gasteiger charge is 2.25. The first kappa shape index (κ1) is 28.9. The van der Waals surface area contributed by atoms with E-state index in [2.05, 4.69) is 43.0 Å². The third-order valence-corrected chi connectivity index (χ3v) is 7.65. The Labute approximate surface area is 236 Å². The van der Waals surface area contributed by atoms with Crippen molar-refractivity contribution in [3.63, 3.8) is 0 Å². The molecule has 2 N–H and O–H groups in total. The van der Waals surface area contributed by atoms with Gasteiger partial charge in [-0.25, -0.2) is 0 Å². The van der Waals surface area contributed by atoms with Crippen LogP contribution >= 0.6 is 0 Å². The van der Waals surface area contributed by atoms with Gasteiger partial charge in [0.2, 0.25) is 0 Å². The zero-order valence-corrected chi connectivity index (χ0v) is 24.5. The molecule has 4 heterocycles.